The van der Waals surface area contributed by atoms with Crippen molar-refractivity contribution in [2.75, 3.05) is 24.1 Å². The Kier molecular flexibility index (Phi) is 4.15. The molecule has 0 saturated carbocycles. The Morgan fingerprint density at radius 3 is 2.53 bits per heavy atom. The summed E-state index contributed by atoms with van der Waals surface area (Å²) in [6.45, 7) is 0.838. The van der Waals surface area contributed by atoms with Crippen LogP contribution < -0.4 is 22.1 Å². The zero-order chi connectivity index (χ0) is 12.8. The largest absolute Gasteiger partial charge is 0.478 e. The number of nitrogen functional groups attached to an aromatic ring is 1. The van der Waals surface area contributed by atoms with Crippen molar-refractivity contribution in [1.29, 1.82) is 0 Å². The summed E-state index contributed by atoms with van der Waals surface area (Å²) in [4.78, 5) is 21.1. The molecule has 1 aromatic rings. The number of carboxylic acid groups (broad SMARTS) is 1. The lowest BCUT2D eigenvalue weighted by Gasteiger charge is -2.08. The molecular weight excluding hydrogens is 224 g/mol. The number of anilines is 2. The number of amides is 2. The standard InChI is InChI=1S/C10H14N4O3/c11-8-5-6(1-2-7(8)9(15)16)13-3-4-14-10(12)17/h1-2,5,13H,3-4,11H2,(H,15,16)(H3,12,14,17). The van der Waals surface area contributed by atoms with Crippen molar-refractivity contribution < 1.29 is 14.7 Å². The molecule has 0 fully saturated rings. The monoisotopic (exact) mass is 238 g/mol. The first-order chi connectivity index (χ1) is 8.00. The van der Waals surface area contributed by atoms with E-state index in [1.54, 1.807) is 6.07 Å². The number of carboxylic acids is 1. The number of nitrogens with one attached hydrogen (secondary N) is 2. The molecule has 0 atom stereocenters. The van der Waals surface area contributed by atoms with Gasteiger partial charge in [-0.05, 0) is 18.2 Å². The lowest BCUT2D eigenvalue weighted by Crippen LogP contribution is -2.33. The van der Waals surface area contributed by atoms with E-state index in [1.807, 2.05) is 0 Å². The summed E-state index contributed by atoms with van der Waals surface area (Å²) in [5.74, 6) is -1.07. The predicted octanol–water partition coefficient (Wildman–Crippen LogP) is 0.0472. The number of primary amides is 1. The minimum Gasteiger partial charge on any atom is -0.478 e. The highest BCUT2D eigenvalue weighted by molar-refractivity contribution is 5.94. The van der Waals surface area contributed by atoms with Crippen LogP contribution in [0.15, 0.2) is 18.2 Å². The summed E-state index contributed by atoms with van der Waals surface area (Å²) in [5.41, 5.74) is 11.4. The first-order valence-electron chi connectivity index (χ1n) is 4.90. The van der Waals surface area contributed by atoms with Crippen molar-refractivity contribution in [3.8, 4) is 0 Å². The summed E-state index contributed by atoms with van der Waals surface area (Å²) in [6, 6.07) is 3.95. The van der Waals surface area contributed by atoms with Crippen LogP contribution in [0.1, 0.15) is 10.4 Å². The summed E-state index contributed by atoms with van der Waals surface area (Å²) in [5, 5.41) is 14.1. The molecule has 0 heterocycles. The molecular formula is C10H14N4O3. The lowest BCUT2D eigenvalue weighted by molar-refractivity contribution is 0.0698. The van der Waals surface area contributed by atoms with Gasteiger partial charge in [0.2, 0.25) is 0 Å². The van der Waals surface area contributed by atoms with E-state index in [1.165, 1.54) is 12.1 Å². The number of rotatable bonds is 5. The molecule has 0 aliphatic heterocycles. The molecule has 0 spiro atoms. The normalized spacial score (nSPS) is 9.65. The van der Waals surface area contributed by atoms with Gasteiger partial charge in [-0.15, -0.1) is 0 Å². The third-order valence-corrected chi connectivity index (χ3v) is 2.04. The molecule has 2 amide bonds. The van der Waals surface area contributed by atoms with E-state index in [0.717, 1.165) is 0 Å². The number of nitrogens with two attached hydrogens (primary N) is 2. The van der Waals surface area contributed by atoms with Gasteiger partial charge in [-0.3, -0.25) is 0 Å². The minimum absolute atomic E-state index is 0.0609. The van der Waals surface area contributed by atoms with Crippen LogP contribution in [0.25, 0.3) is 0 Å². The number of urea groups is 1. The van der Waals surface area contributed by atoms with Crippen molar-refractivity contribution in [3.63, 3.8) is 0 Å². The maximum atomic E-state index is 10.7. The first-order valence-corrected chi connectivity index (χ1v) is 4.90. The van der Waals surface area contributed by atoms with Crippen LogP contribution in [0.2, 0.25) is 0 Å². The van der Waals surface area contributed by atoms with Gasteiger partial charge in [0.25, 0.3) is 0 Å². The average molecular weight is 238 g/mol. The van der Waals surface area contributed by atoms with E-state index in [9.17, 15) is 9.59 Å². The number of hydrogen-bond acceptors (Lipinski definition) is 4. The van der Waals surface area contributed by atoms with E-state index in [0.29, 0.717) is 18.8 Å². The Hall–Kier alpha value is -2.44. The fraction of sp³-hybridized carbons (Fsp3) is 0.200. The fourth-order valence-electron chi connectivity index (χ4n) is 1.26. The van der Waals surface area contributed by atoms with E-state index in [2.05, 4.69) is 10.6 Å². The van der Waals surface area contributed by atoms with Gasteiger partial charge in [0, 0.05) is 24.5 Å². The summed E-state index contributed by atoms with van der Waals surface area (Å²) < 4.78 is 0. The van der Waals surface area contributed by atoms with Crippen LogP contribution in [-0.4, -0.2) is 30.2 Å². The Labute approximate surface area is 97.8 Å². The van der Waals surface area contributed by atoms with Crippen molar-refractivity contribution in [1.82, 2.24) is 5.32 Å². The molecule has 0 aliphatic rings. The maximum Gasteiger partial charge on any atom is 0.337 e. The fourth-order valence-corrected chi connectivity index (χ4v) is 1.26. The second kappa shape index (κ2) is 5.59. The van der Waals surface area contributed by atoms with Gasteiger partial charge >= 0.3 is 12.0 Å². The zero-order valence-electron chi connectivity index (χ0n) is 9.06. The second-order valence-electron chi connectivity index (χ2n) is 3.32. The van der Waals surface area contributed by atoms with Crippen LogP contribution in [0.4, 0.5) is 16.2 Å². The second-order valence-corrected chi connectivity index (χ2v) is 3.32. The first kappa shape index (κ1) is 12.6. The predicted molar refractivity (Wildman–Crippen MR) is 63.9 cm³/mol. The van der Waals surface area contributed by atoms with Gasteiger partial charge < -0.3 is 27.2 Å². The van der Waals surface area contributed by atoms with Gasteiger partial charge in [0.05, 0.1) is 5.56 Å². The zero-order valence-corrected chi connectivity index (χ0v) is 9.06. The summed E-state index contributed by atoms with van der Waals surface area (Å²) >= 11 is 0. The Morgan fingerprint density at radius 2 is 2.00 bits per heavy atom. The van der Waals surface area contributed by atoms with Gasteiger partial charge in [-0.25, -0.2) is 9.59 Å². The molecule has 0 unspecified atom stereocenters. The van der Waals surface area contributed by atoms with E-state index in [-0.39, 0.29) is 11.3 Å². The van der Waals surface area contributed by atoms with Crippen molar-refractivity contribution in [2.45, 2.75) is 0 Å². The molecule has 1 rings (SSSR count). The van der Waals surface area contributed by atoms with Crippen LogP contribution in [-0.2, 0) is 0 Å². The molecule has 7 N–H and O–H groups in total. The van der Waals surface area contributed by atoms with E-state index < -0.39 is 12.0 Å². The molecule has 0 aliphatic carbocycles. The van der Waals surface area contributed by atoms with Crippen molar-refractivity contribution in [2.24, 2.45) is 5.73 Å². The molecule has 7 heteroatoms. The van der Waals surface area contributed by atoms with Gasteiger partial charge in [0.15, 0.2) is 0 Å². The van der Waals surface area contributed by atoms with E-state index in [4.69, 9.17) is 16.6 Å². The highest BCUT2D eigenvalue weighted by Crippen LogP contribution is 2.17. The molecule has 1 aromatic carbocycles. The SMILES string of the molecule is NC(=O)NCCNc1ccc(C(=O)O)c(N)c1. The molecule has 0 bridgehead atoms. The van der Waals surface area contributed by atoms with Gasteiger partial charge in [-0.2, -0.15) is 0 Å². The molecule has 0 aromatic heterocycles. The third-order valence-electron chi connectivity index (χ3n) is 2.04. The highest BCUT2D eigenvalue weighted by atomic mass is 16.4. The quantitative estimate of drug-likeness (QED) is 0.365. The van der Waals surface area contributed by atoms with Gasteiger partial charge in [-0.1, -0.05) is 0 Å². The Bertz CT molecular complexity index is 434. The van der Waals surface area contributed by atoms with Crippen LogP contribution in [0, 0.1) is 0 Å². The lowest BCUT2D eigenvalue weighted by atomic mass is 10.1. The van der Waals surface area contributed by atoms with Crippen LogP contribution in [0.3, 0.4) is 0 Å². The number of benzene rings is 1. The number of carbonyl (C=O) groups is 2. The van der Waals surface area contributed by atoms with Gasteiger partial charge in [0.1, 0.15) is 0 Å². The smallest absolute Gasteiger partial charge is 0.337 e. The van der Waals surface area contributed by atoms with Crippen LogP contribution in [0.5, 0.6) is 0 Å². The number of hydrogen-bond donors (Lipinski definition) is 5. The molecule has 0 radical (unpaired) electrons. The molecule has 17 heavy (non-hydrogen) atoms. The van der Waals surface area contributed by atoms with Crippen molar-refractivity contribution in [3.05, 3.63) is 23.8 Å². The number of carbonyl (C=O) groups excluding carboxylic acids is 1. The van der Waals surface area contributed by atoms with E-state index >= 15 is 0 Å². The molecule has 7 nitrogen and oxygen atoms in total. The highest BCUT2D eigenvalue weighted by Gasteiger charge is 2.07. The maximum absolute atomic E-state index is 10.7. The molecule has 92 valence electrons. The average Bonchev–Trinajstić information content (AvgIpc) is 2.23. The Balaban J connectivity index is 2.53. The van der Waals surface area contributed by atoms with Crippen molar-refractivity contribution >= 4 is 23.4 Å². The summed E-state index contributed by atoms with van der Waals surface area (Å²) in [7, 11) is 0. The van der Waals surface area contributed by atoms with Crippen LogP contribution >= 0.6 is 0 Å². The third kappa shape index (κ3) is 3.90. The number of aromatic carboxylic acids is 1. The minimum atomic E-state index is -1.07. The topological polar surface area (TPSA) is 130 Å². The summed E-state index contributed by atoms with van der Waals surface area (Å²) in [6.07, 6.45) is 0. The molecule has 0 saturated heterocycles. The Morgan fingerprint density at radius 1 is 1.29 bits per heavy atom.